The highest BCUT2D eigenvalue weighted by Gasteiger charge is 2.26. The monoisotopic (exact) mass is 509 g/mol. The molecule has 11 nitrogen and oxygen atoms in total. The van der Waals surface area contributed by atoms with E-state index < -0.39 is 23.8 Å². The number of halogens is 1. The number of rotatable bonds is 9. The van der Waals surface area contributed by atoms with Crippen molar-refractivity contribution in [3.8, 4) is 5.69 Å². The number of carbonyl (C=O) groups is 3. The second-order valence-electron chi connectivity index (χ2n) is 8.25. The van der Waals surface area contributed by atoms with Gasteiger partial charge in [-0.15, -0.1) is 5.10 Å². The number of nitrogens with zero attached hydrogens (tertiary/aromatic N) is 4. The van der Waals surface area contributed by atoms with E-state index in [2.05, 4.69) is 31.5 Å². The summed E-state index contributed by atoms with van der Waals surface area (Å²) in [6.45, 7) is 0.859. The number of amides is 2. The molecule has 4 N–H and O–H groups in total. The Kier molecular flexibility index (Phi) is 8.03. The van der Waals surface area contributed by atoms with E-state index in [4.69, 9.17) is 16.7 Å². The molecule has 2 atom stereocenters. The third-order valence-electron chi connectivity index (χ3n) is 5.71. The van der Waals surface area contributed by atoms with E-state index in [1.165, 1.54) is 41.4 Å². The average molecular weight is 510 g/mol. The van der Waals surface area contributed by atoms with Gasteiger partial charge in [0.1, 0.15) is 12.4 Å². The highest BCUT2D eigenvalue weighted by molar-refractivity contribution is 6.30. The Labute approximate surface area is 211 Å². The number of carboxylic acid groups (broad SMARTS) is 1. The number of carboxylic acids is 1. The van der Waals surface area contributed by atoms with E-state index in [-0.39, 0.29) is 11.6 Å². The maximum absolute atomic E-state index is 13.0. The van der Waals surface area contributed by atoms with Gasteiger partial charge in [-0.05, 0) is 84.8 Å². The Balaban J connectivity index is 1.47. The van der Waals surface area contributed by atoms with Gasteiger partial charge in [-0.25, -0.2) is 4.79 Å². The highest BCUT2D eigenvalue weighted by atomic mass is 35.5. The van der Waals surface area contributed by atoms with Crippen molar-refractivity contribution in [2.24, 2.45) is 0 Å². The fourth-order valence-electron chi connectivity index (χ4n) is 3.92. The van der Waals surface area contributed by atoms with Crippen LogP contribution in [0.4, 0.5) is 5.69 Å². The van der Waals surface area contributed by atoms with Gasteiger partial charge in [0.15, 0.2) is 0 Å². The van der Waals surface area contributed by atoms with Crippen molar-refractivity contribution in [2.75, 3.05) is 11.9 Å². The quantitative estimate of drug-likeness (QED) is 0.321. The Hall–Kier alpha value is -4.09. The van der Waals surface area contributed by atoms with Crippen LogP contribution in [0.15, 0.2) is 54.9 Å². The predicted octanol–water partition coefficient (Wildman–Crippen LogP) is 2.29. The fourth-order valence-corrected chi connectivity index (χ4v) is 4.10. The van der Waals surface area contributed by atoms with Crippen molar-refractivity contribution in [1.29, 1.82) is 0 Å². The zero-order valence-electron chi connectivity index (χ0n) is 19.1. The van der Waals surface area contributed by atoms with Crippen LogP contribution < -0.4 is 16.0 Å². The van der Waals surface area contributed by atoms with Crippen molar-refractivity contribution >= 4 is 41.1 Å². The number of carbonyl (C=O) groups excluding carboxylic acids is 2. The van der Waals surface area contributed by atoms with Crippen LogP contribution in [0.25, 0.3) is 11.8 Å². The first-order valence-corrected chi connectivity index (χ1v) is 11.7. The first-order chi connectivity index (χ1) is 17.4. The molecule has 12 heteroatoms. The van der Waals surface area contributed by atoms with Gasteiger partial charge in [0.05, 0.1) is 11.3 Å². The number of hydrogen-bond donors (Lipinski definition) is 4. The first-order valence-electron chi connectivity index (χ1n) is 11.3. The number of hydrogen-bond acceptors (Lipinski definition) is 7. The summed E-state index contributed by atoms with van der Waals surface area (Å²) in [5.41, 5.74) is 1.79. The normalized spacial score (nSPS) is 16.1. The van der Waals surface area contributed by atoms with Gasteiger partial charge in [0.25, 0.3) is 0 Å². The summed E-state index contributed by atoms with van der Waals surface area (Å²) in [7, 11) is 0. The van der Waals surface area contributed by atoms with E-state index in [0.29, 0.717) is 28.4 Å². The van der Waals surface area contributed by atoms with Crippen LogP contribution in [0, 0.1) is 0 Å². The van der Waals surface area contributed by atoms with Crippen LogP contribution in [-0.4, -0.2) is 61.7 Å². The van der Waals surface area contributed by atoms with Crippen molar-refractivity contribution in [1.82, 2.24) is 30.8 Å². The number of nitrogens with one attached hydrogen (secondary N) is 3. The maximum atomic E-state index is 13.0. The van der Waals surface area contributed by atoms with E-state index in [1.54, 1.807) is 24.3 Å². The van der Waals surface area contributed by atoms with E-state index in [0.717, 1.165) is 19.4 Å². The number of tetrazole rings is 1. The van der Waals surface area contributed by atoms with Crippen molar-refractivity contribution in [3.05, 3.63) is 71.0 Å². The van der Waals surface area contributed by atoms with Gasteiger partial charge >= 0.3 is 5.97 Å². The molecule has 0 saturated carbocycles. The fraction of sp³-hybridized carbons (Fsp3) is 0.250. The van der Waals surface area contributed by atoms with Crippen LogP contribution >= 0.6 is 11.6 Å². The summed E-state index contributed by atoms with van der Waals surface area (Å²) < 4.78 is 1.45. The third kappa shape index (κ3) is 6.52. The minimum absolute atomic E-state index is 0.0961. The highest BCUT2D eigenvalue weighted by Crippen LogP contribution is 2.20. The zero-order chi connectivity index (χ0) is 25.5. The molecule has 0 spiro atoms. The lowest BCUT2D eigenvalue weighted by atomic mass is 10.0. The minimum Gasteiger partial charge on any atom is -0.478 e. The Bertz CT molecular complexity index is 1260. The van der Waals surface area contributed by atoms with Crippen molar-refractivity contribution in [2.45, 2.75) is 31.3 Å². The molecule has 36 heavy (non-hydrogen) atoms. The third-order valence-corrected chi connectivity index (χ3v) is 5.95. The molecular weight excluding hydrogens is 486 g/mol. The molecule has 2 aromatic carbocycles. The summed E-state index contributed by atoms with van der Waals surface area (Å²) in [5.74, 6) is -1.91. The molecule has 1 aliphatic heterocycles. The van der Waals surface area contributed by atoms with Crippen LogP contribution in [-0.2, 0) is 9.59 Å². The Morgan fingerprint density at radius 2 is 2.03 bits per heavy atom. The molecule has 186 valence electrons. The largest absolute Gasteiger partial charge is 0.478 e. The SMILES string of the molecule is O=C(/C=C/c1cc(Cl)ccc1-n1cnnn1)N[C@@H](C[C@@H]1CCCN1)C(=O)Nc1ccc(C(=O)O)cc1. The molecule has 0 bridgehead atoms. The van der Waals surface area contributed by atoms with Gasteiger partial charge in [-0.1, -0.05) is 11.6 Å². The number of aromatic nitrogens is 4. The molecule has 1 aromatic heterocycles. The Morgan fingerprint density at radius 3 is 2.69 bits per heavy atom. The Morgan fingerprint density at radius 1 is 1.22 bits per heavy atom. The van der Waals surface area contributed by atoms with Crippen LogP contribution in [0.2, 0.25) is 5.02 Å². The van der Waals surface area contributed by atoms with E-state index >= 15 is 0 Å². The molecule has 0 aliphatic carbocycles. The molecule has 0 unspecified atom stereocenters. The molecule has 4 rings (SSSR count). The van der Waals surface area contributed by atoms with Gasteiger partial charge in [-0.2, -0.15) is 4.68 Å². The smallest absolute Gasteiger partial charge is 0.335 e. The van der Waals surface area contributed by atoms with Gasteiger partial charge < -0.3 is 21.1 Å². The van der Waals surface area contributed by atoms with Crippen LogP contribution in [0.5, 0.6) is 0 Å². The number of anilines is 1. The van der Waals surface area contributed by atoms with E-state index in [1.807, 2.05) is 0 Å². The average Bonchev–Trinajstić information content (AvgIpc) is 3.57. The zero-order valence-corrected chi connectivity index (χ0v) is 19.9. The summed E-state index contributed by atoms with van der Waals surface area (Å²) in [4.78, 5) is 36.9. The topological polar surface area (TPSA) is 151 Å². The molecule has 1 saturated heterocycles. The summed E-state index contributed by atoms with van der Waals surface area (Å²) in [6.07, 6.45) is 6.64. The lowest BCUT2D eigenvalue weighted by Crippen LogP contribution is -2.46. The predicted molar refractivity (Wildman–Crippen MR) is 133 cm³/mol. The molecule has 1 fully saturated rings. The van der Waals surface area contributed by atoms with Gasteiger partial charge in [-0.3, -0.25) is 9.59 Å². The van der Waals surface area contributed by atoms with Crippen LogP contribution in [0.1, 0.15) is 35.2 Å². The maximum Gasteiger partial charge on any atom is 0.335 e. The minimum atomic E-state index is -1.06. The summed E-state index contributed by atoms with van der Waals surface area (Å²) >= 11 is 6.13. The molecular formula is C24H24ClN7O4. The van der Waals surface area contributed by atoms with Crippen molar-refractivity contribution < 1.29 is 19.5 Å². The lowest BCUT2D eigenvalue weighted by molar-refractivity contribution is -0.124. The van der Waals surface area contributed by atoms with E-state index in [9.17, 15) is 14.4 Å². The first kappa shape index (κ1) is 25.0. The number of aromatic carboxylic acids is 1. The molecule has 1 aliphatic rings. The second kappa shape index (κ2) is 11.6. The lowest BCUT2D eigenvalue weighted by Gasteiger charge is -2.21. The molecule has 0 radical (unpaired) electrons. The van der Waals surface area contributed by atoms with Gasteiger partial charge in [0, 0.05) is 28.4 Å². The van der Waals surface area contributed by atoms with Gasteiger partial charge in [0.2, 0.25) is 11.8 Å². The molecule has 3 aromatic rings. The summed E-state index contributed by atoms with van der Waals surface area (Å²) in [6, 6.07) is 10.2. The number of benzene rings is 2. The second-order valence-corrected chi connectivity index (χ2v) is 8.69. The molecule has 2 heterocycles. The summed E-state index contributed by atoms with van der Waals surface area (Å²) in [5, 5.41) is 29.5. The standard InChI is InChI=1S/C24H24ClN7O4/c25-17-6-9-21(32-14-27-30-31-32)16(12-17)5-10-22(33)29-20(13-19-2-1-11-26-19)23(34)28-18-7-3-15(4-8-18)24(35)36/h3-10,12,14,19-20,26H,1-2,11,13H2,(H,28,34)(H,29,33)(H,35,36)/b10-5+/t19-,20-/m0/s1. The van der Waals surface area contributed by atoms with Crippen LogP contribution in [0.3, 0.4) is 0 Å². The molecule has 2 amide bonds. The van der Waals surface area contributed by atoms with Crippen molar-refractivity contribution in [3.63, 3.8) is 0 Å².